The van der Waals surface area contributed by atoms with Gasteiger partial charge in [-0.1, -0.05) is 0 Å². The van der Waals surface area contributed by atoms with E-state index < -0.39 is 0 Å². The Hall–Kier alpha value is -1.62. The third kappa shape index (κ3) is 3.42. The van der Waals surface area contributed by atoms with Crippen molar-refractivity contribution in [3.05, 3.63) is 36.7 Å². The maximum Gasteiger partial charge on any atom is 0.0945 e. The molecule has 1 N–H and O–H groups in total. The minimum absolute atomic E-state index is 0.353. The molecule has 2 aromatic rings. The molecule has 2 rings (SSSR count). The zero-order valence-electron chi connectivity index (χ0n) is 10.4. The third-order valence-corrected chi connectivity index (χ3v) is 2.83. The average molecular weight is 233 g/mol. The highest BCUT2D eigenvalue weighted by atomic mass is 15.2. The molecule has 0 amide bonds. The summed E-state index contributed by atoms with van der Waals surface area (Å²) in [6, 6.07) is 0.353. The topological polar surface area (TPSA) is 47.7 Å². The zero-order chi connectivity index (χ0) is 12.1. The van der Waals surface area contributed by atoms with Crippen LogP contribution in [0.15, 0.2) is 31.1 Å². The van der Waals surface area contributed by atoms with Crippen LogP contribution in [0.4, 0.5) is 0 Å². The lowest BCUT2D eigenvalue weighted by Gasteiger charge is -2.11. The molecule has 0 aliphatic rings. The Morgan fingerprint density at radius 1 is 1.47 bits per heavy atom. The van der Waals surface area contributed by atoms with Gasteiger partial charge in [-0.25, -0.2) is 4.98 Å². The van der Waals surface area contributed by atoms with Gasteiger partial charge in [0, 0.05) is 43.8 Å². The fraction of sp³-hybridized carbons (Fsp3) is 0.500. The number of imidazole rings is 1. The van der Waals surface area contributed by atoms with Crippen molar-refractivity contribution in [2.45, 2.75) is 25.9 Å². The van der Waals surface area contributed by atoms with Gasteiger partial charge >= 0.3 is 0 Å². The summed E-state index contributed by atoms with van der Waals surface area (Å²) in [5, 5.41) is 7.66. The molecule has 2 heterocycles. The highest BCUT2D eigenvalue weighted by Gasteiger charge is 2.05. The molecule has 1 unspecified atom stereocenters. The minimum atomic E-state index is 0.353. The van der Waals surface area contributed by atoms with Crippen LogP contribution in [0.3, 0.4) is 0 Å². The van der Waals surface area contributed by atoms with Crippen molar-refractivity contribution in [3.63, 3.8) is 0 Å². The molecule has 5 nitrogen and oxygen atoms in total. The predicted octanol–water partition coefficient (Wildman–Crippen LogP) is 1.36. The number of nitrogens with one attached hydrogen (secondary N) is 1. The van der Waals surface area contributed by atoms with Gasteiger partial charge in [0.25, 0.3) is 0 Å². The minimum Gasteiger partial charge on any atom is -0.337 e. The predicted molar refractivity (Wildman–Crippen MR) is 66.5 cm³/mol. The number of rotatable bonds is 6. The number of nitrogens with zero attached hydrogens (tertiary/aromatic N) is 4. The first-order valence-corrected chi connectivity index (χ1v) is 5.93. The number of hydrogen-bond donors (Lipinski definition) is 1. The van der Waals surface area contributed by atoms with Gasteiger partial charge in [-0.05, 0) is 19.9 Å². The van der Waals surface area contributed by atoms with Crippen LogP contribution in [0.2, 0.25) is 0 Å². The molecule has 0 aliphatic carbocycles. The summed E-state index contributed by atoms with van der Waals surface area (Å²) in [5.41, 5.74) is 1.23. The molecule has 92 valence electrons. The van der Waals surface area contributed by atoms with Gasteiger partial charge < -0.3 is 9.88 Å². The highest BCUT2D eigenvalue weighted by molar-refractivity contribution is 5.08. The van der Waals surface area contributed by atoms with Crippen molar-refractivity contribution in [1.82, 2.24) is 24.6 Å². The summed E-state index contributed by atoms with van der Waals surface area (Å²) >= 11 is 0. The Kier molecular flexibility index (Phi) is 3.93. The van der Waals surface area contributed by atoms with Crippen LogP contribution >= 0.6 is 0 Å². The molecular formula is C12H19N5. The van der Waals surface area contributed by atoms with E-state index in [-0.39, 0.29) is 0 Å². The monoisotopic (exact) mass is 233 g/mol. The molecule has 0 spiro atoms. The highest BCUT2D eigenvalue weighted by Crippen LogP contribution is 2.09. The van der Waals surface area contributed by atoms with Crippen LogP contribution in [0.5, 0.6) is 0 Å². The maximum absolute atomic E-state index is 4.17. The summed E-state index contributed by atoms with van der Waals surface area (Å²) in [6.07, 6.45) is 10.7. The second-order valence-corrected chi connectivity index (χ2v) is 4.28. The maximum atomic E-state index is 4.17. The molecule has 2 aromatic heterocycles. The summed E-state index contributed by atoms with van der Waals surface area (Å²) in [4.78, 5) is 4.02. The van der Waals surface area contributed by atoms with Crippen LogP contribution in [-0.2, 0) is 13.6 Å². The summed E-state index contributed by atoms with van der Waals surface area (Å²) in [5.74, 6) is 0. The van der Waals surface area contributed by atoms with Crippen molar-refractivity contribution in [1.29, 1.82) is 0 Å². The molecule has 1 atom stereocenters. The number of aryl methyl sites for hydroxylation is 2. The van der Waals surface area contributed by atoms with E-state index in [0.29, 0.717) is 6.04 Å². The SMILES string of the molecule is CC(NCCCn1ccnc1)c1cnn(C)c1. The lowest BCUT2D eigenvalue weighted by Crippen LogP contribution is -2.20. The Balaban J connectivity index is 1.68. The molecule has 0 aromatic carbocycles. The van der Waals surface area contributed by atoms with E-state index in [1.54, 1.807) is 0 Å². The van der Waals surface area contributed by atoms with Crippen molar-refractivity contribution >= 4 is 0 Å². The van der Waals surface area contributed by atoms with E-state index >= 15 is 0 Å². The first kappa shape index (κ1) is 11.9. The summed E-state index contributed by atoms with van der Waals surface area (Å²) in [7, 11) is 1.94. The second kappa shape index (κ2) is 5.63. The van der Waals surface area contributed by atoms with Crippen LogP contribution in [-0.4, -0.2) is 25.9 Å². The molecule has 0 bridgehead atoms. The Morgan fingerprint density at radius 3 is 3.00 bits per heavy atom. The van der Waals surface area contributed by atoms with Crippen molar-refractivity contribution in [3.8, 4) is 0 Å². The fourth-order valence-electron chi connectivity index (χ4n) is 1.78. The fourth-order valence-corrected chi connectivity index (χ4v) is 1.78. The van der Waals surface area contributed by atoms with Crippen LogP contribution in [0.25, 0.3) is 0 Å². The van der Waals surface area contributed by atoms with Crippen LogP contribution < -0.4 is 5.32 Å². The van der Waals surface area contributed by atoms with E-state index in [1.165, 1.54) is 5.56 Å². The van der Waals surface area contributed by atoms with Gasteiger partial charge in [0.05, 0.1) is 12.5 Å². The van der Waals surface area contributed by atoms with E-state index in [1.807, 2.05) is 42.8 Å². The largest absolute Gasteiger partial charge is 0.337 e. The normalized spacial score (nSPS) is 12.8. The first-order chi connectivity index (χ1) is 8.25. The van der Waals surface area contributed by atoms with Gasteiger partial charge in [-0.2, -0.15) is 5.10 Å². The molecular weight excluding hydrogens is 214 g/mol. The number of hydrogen-bond acceptors (Lipinski definition) is 3. The molecule has 0 saturated carbocycles. The van der Waals surface area contributed by atoms with Crippen molar-refractivity contribution < 1.29 is 0 Å². The van der Waals surface area contributed by atoms with E-state index in [4.69, 9.17) is 0 Å². The van der Waals surface area contributed by atoms with Crippen LogP contribution in [0, 0.1) is 0 Å². The first-order valence-electron chi connectivity index (χ1n) is 5.93. The molecule has 17 heavy (non-hydrogen) atoms. The quantitative estimate of drug-likeness (QED) is 0.766. The van der Waals surface area contributed by atoms with E-state index in [2.05, 4.69) is 26.9 Å². The zero-order valence-corrected chi connectivity index (χ0v) is 10.4. The Labute approximate surface area is 101 Å². The molecule has 0 aliphatic heterocycles. The summed E-state index contributed by atoms with van der Waals surface area (Å²) < 4.78 is 3.93. The van der Waals surface area contributed by atoms with Gasteiger partial charge in [0.2, 0.25) is 0 Å². The van der Waals surface area contributed by atoms with E-state index in [9.17, 15) is 0 Å². The Bertz CT molecular complexity index is 431. The standard InChI is InChI=1S/C12H19N5/c1-11(12-8-15-16(2)9-12)14-4-3-6-17-7-5-13-10-17/h5,7-11,14H,3-4,6H2,1-2H3. The second-order valence-electron chi connectivity index (χ2n) is 4.28. The molecule has 0 radical (unpaired) electrons. The lowest BCUT2D eigenvalue weighted by atomic mass is 10.2. The molecule has 0 fully saturated rings. The van der Waals surface area contributed by atoms with Gasteiger partial charge in [0.1, 0.15) is 0 Å². The van der Waals surface area contributed by atoms with Gasteiger partial charge in [-0.3, -0.25) is 4.68 Å². The number of aromatic nitrogens is 4. The van der Waals surface area contributed by atoms with Crippen LogP contribution in [0.1, 0.15) is 24.9 Å². The Morgan fingerprint density at radius 2 is 2.35 bits per heavy atom. The van der Waals surface area contributed by atoms with Crippen molar-refractivity contribution in [2.75, 3.05) is 6.54 Å². The van der Waals surface area contributed by atoms with Gasteiger partial charge in [-0.15, -0.1) is 0 Å². The average Bonchev–Trinajstić information content (AvgIpc) is 2.95. The molecule has 5 heteroatoms. The summed E-state index contributed by atoms with van der Waals surface area (Å²) in [6.45, 7) is 4.16. The lowest BCUT2D eigenvalue weighted by molar-refractivity contribution is 0.526. The smallest absolute Gasteiger partial charge is 0.0945 e. The van der Waals surface area contributed by atoms with Crippen molar-refractivity contribution in [2.24, 2.45) is 7.05 Å². The molecule has 0 saturated heterocycles. The van der Waals surface area contributed by atoms with E-state index in [0.717, 1.165) is 19.5 Å². The van der Waals surface area contributed by atoms with Gasteiger partial charge in [0.15, 0.2) is 0 Å². The third-order valence-electron chi connectivity index (χ3n) is 2.83.